The van der Waals surface area contributed by atoms with E-state index in [0.29, 0.717) is 0 Å². The molecule has 4 aromatic carbocycles. The molecule has 2 atom stereocenters. The summed E-state index contributed by atoms with van der Waals surface area (Å²) in [5.41, 5.74) is 2.20. The third kappa shape index (κ3) is 7.85. The molecule has 7 nitrogen and oxygen atoms in total. The summed E-state index contributed by atoms with van der Waals surface area (Å²) in [6.45, 7) is 5.20. The molecule has 216 valence electrons. The molecule has 0 unspecified atom stereocenters. The number of carbonyl (C=O) groups excluding carboxylic acids is 2. The van der Waals surface area contributed by atoms with E-state index in [1.54, 1.807) is 20.8 Å². The predicted molar refractivity (Wildman–Crippen MR) is 162 cm³/mol. The lowest BCUT2D eigenvalue weighted by Crippen LogP contribution is -2.56. The molecule has 42 heavy (non-hydrogen) atoms. The Bertz CT molecular complexity index is 1380. The van der Waals surface area contributed by atoms with Crippen molar-refractivity contribution in [2.75, 3.05) is 0 Å². The molecular formula is C35H36N2O5. The molecule has 2 amide bonds. The van der Waals surface area contributed by atoms with E-state index in [9.17, 15) is 19.5 Å². The van der Waals surface area contributed by atoms with Crippen LogP contribution in [0.15, 0.2) is 121 Å². The van der Waals surface area contributed by atoms with Gasteiger partial charge < -0.3 is 20.5 Å². The van der Waals surface area contributed by atoms with Gasteiger partial charge in [0.2, 0.25) is 5.91 Å². The smallest absolute Gasteiger partial charge is 0.408 e. The van der Waals surface area contributed by atoms with Crippen molar-refractivity contribution in [1.82, 2.24) is 10.6 Å². The summed E-state index contributed by atoms with van der Waals surface area (Å²) in [7, 11) is 0. The van der Waals surface area contributed by atoms with Gasteiger partial charge in [-0.1, -0.05) is 121 Å². The molecule has 0 saturated heterocycles. The predicted octanol–water partition coefficient (Wildman–Crippen LogP) is 6.11. The summed E-state index contributed by atoms with van der Waals surface area (Å²) in [6.07, 6.45) is -0.783. The minimum absolute atomic E-state index is 0.638. The third-order valence-electron chi connectivity index (χ3n) is 6.82. The van der Waals surface area contributed by atoms with Crippen molar-refractivity contribution in [3.8, 4) is 0 Å². The molecule has 7 heteroatoms. The van der Waals surface area contributed by atoms with E-state index < -0.39 is 47.5 Å². The highest BCUT2D eigenvalue weighted by molar-refractivity contribution is 5.91. The molecule has 0 bridgehead atoms. The zero-order chi connectivity index (χ0) is 30.1. The summed E-state index contributed by atoms with van der Waals surface area (Å²) < 4.78 is 5.53. The van der Waals surface area contributed by atoms with Gasteiger partial charge in [0.05, 0.1) is 0 Å². The average Bonchev–Trinajstić information content (AvgIpc) is 2.97. The van der Waals surface area contributed by atoms with Crippen LogP contribution in [-0.2, 0) is 14.3 Å². The summed E-state index contributed by atoms with van der Waals surface area (Å²) in [5.74, 6) is -3.18. The number of carboxylic acids is 1. The van der Waals surface area contributed by atoms with Crippen molar-refractivity contribution in [2.45, 2.75) is 50.3 Å². The standard InChI is InChI=1S/C35H36N2O5/c1-35(2,3)42-34(41)37-30(28(24-16-8-4-9-17-24)25-18-10-5-11-19-25)32(38)36-31(33(39)40)29(26-20-12-6-13-21-26)27-22-14-7-15-23-27/h4-23,28-31H,1-3H3,(H,36,38)(H,37,41)(H,39,40)/t30-,31-/m1/s1. The van der Waals surface area contributed by atoms with Crippen LogP contribution in [0.2, 0.25) is 0 Å². The van der Waals surface area contributed by atoms with Crippen molar-refractivity contribution in [3.05, 3.63) is 144 Å². The Balaban J connectivity index is 1.79. The lowest BCUT2D eigenvalue weighted by Gasteiger charge is -2.32. The Labute approximate surface area is 246 Å². The first-order chi connectivity index (χ1) is 20.1. The van der Waals surface area contributed by atoms with Gasteiger partial charge in [-0.15, -0.1) is 0 Å². The zero-order valence-corrected chi connectivity index (χ0v) is 23.9. The molecule has 0 saturated carbocycles. The van der Waals surface area contributed by atoms with Crippen LogP contribution in [0.1, 0.15) is 54.9 Å². The SMILES string of the molecule is CC(C)(C)OC(=O)N[C@@H](C(=O)N[C@@H](C(=O)O)C(c1ccccc1)c1ccccc1)C(c1ccccc1)c1ccccc1. The number of nitrogens with one attached hydrogen (secondary N) is 2. The van der Waals surface area contributed by atoms with Crippen LogP contribution in [0.25, 0.3) is 0 Å². The topological polar surface area (TPSA) is 105 Å². The number of carboxylic acid groups (broad SMARTS) is 1. The third-order valence-corrected chi connectivity index (χ3v) is 6.82. The number of amides is 2. The molecule has 0 aliphatic rings. The second-order valence-electron chi connectivity index (χ2n) is 11.0. The first-order valence-corrected chi connectivity index (χ1v) is 13.9. The number of hydrogen-bond acceptors (Lipinski definition) is 4. The average molecular weight is 565 g/mol. The van der Waals surface area contributed by atoms with Gasteiger partial charge in [-0.05, 0) is 43.0 Å². The monoisotopic (exact) mass is 564 g/mol. The highest BCUT2D eigenvalue weighted by atomic mass is 16.6. The number of carbonyl (C=O) groups is 3. The maximum absolute atomic E-state index is 14.3. The molecule has 0 aromatic heterocycles. The molecule has 4 rings (SSSR count). The van der Waals surface area contributed by atoms with Crippen molar-refractivity contribution < 1.29 is 24.2 Å². The zero-order valence-electron chi connectivity index (χ0n) is 23.9. The fourth-order valence-corrected chi connectivity index (χ4v) is 5.06. The Morgan fingerprint density at radius 1 is 0.571 bits per heavy atom. The molecule has 0 aliphatic heterocycles. The van der Waals surface area contributed by atoms with Crippen molar-refractivity contribution in [3.63, 3.8) is 0 Å². The van der Waals surface area contributed by atoms with Gasteiger partial charge in [-0.3, -0.25) is 4.79 Å². The largest absolute Gasteiger partial charge is 0.480 e. The fourth-order valence-electron chi connectivity index (χ4n) is 5.06. The highest BCUT2D eigenvalue weighted by Gasteiger charge is 2.38. The van der Waals surface area contributed by atoms with Crippen LogP contribution in [0.5, 0.6) is 0 Å². The fraction of sp³-hybridized carbons (Fsp3) is 0.229. The maximum Gasteiger partial charge on any atom is 0.408 e. The number of benzene rings is 4. The van der Waals surface area contributed by atoms with Gasteiger partial charge in [-0.2, -0.15) is 0 Å². The van der Waals surface area contributed by atoms with E-state index in [1.165, 1.54) is 0 Å². The second kappa shape index (κ2) is 13.6. The van der Waals surface area contributed by atoms with Gasteiger partial charge in [-0.25, -0.2) is 9.59 Å². The van der Waals surface area contributed by atoms with Crippen LogP contribution in [-0.4, -0.2) is 40.8 Å². The molecule has 0 spiro atoms. The molecule has 0 radical (unpaired) electrons. The minimum Gasteiger partial charge on any atom is -0.480 e. The summed E-state index contributed by atoms with van der Waals surface area (Å²) in [4.78, 5) is 40.2. The van der Waals surface area contributed by atoms with Crippen molar-refractivity contribution in [1.29, 1.82) is 0 Å². The molecule has 0 aliphatic carbocycles. The van der Waals surface area contributed by atoms with Gasteiger partial charge in [0.1, 0.15) is 17.7 Å². The van der Waals surface area contributed by atoms with Gasteiger partial charge in [0.25, 0.3) is 0 Å². The van der Waals surface area contributed by atoms with E-state index in [2.05, 4.69) is 10.6 Å². The number of alkyl carbamates (subject to hydrolysis) is 1. The number of ether oxygens (including phenoxy) is 1. The van der Waals surface area contributed by atoms with Crippen LogP contribution in [0.4, 0.5) is 4.79 Å². The van der Waals surface area contributed by atoms with Crippen molar-refractivity contribution in [2.24, 2.45) is 0 Å². The molecule has 3 N–H and O–H groups in total. The summed E-state index contributed by atoms with van der Waals surface area (Å²) in [6, 6.07) is 34.5. The number of hydrogen-bond donors (Lipinski definition) is 3. The summed E-state index contributed by atoms with van der Waals surface area (Å²) in [5, 5.41) is 16.0. The van der Waals surface area contributed by atoms with Crippen LogP contribution < -0.4 is 10.6 Å². The van der Waals surface area contributed by atoms with E-state index >= 15 is 0 Å². The first-order valence-electron chi connectivity index (χ1n) is 13.9. The Morgan fingerprint density at radius 2 is 0.905 bits per heavy atom. The molecule has 4 aromatic rings. The Kier molecular flexibility index (Phi) is 9.76. The van der Waals surface area contributed by atoms with Gasteiger partial charge >= 0.3 is 12.1 Å². The Morgan fingerprint density at radius 3 is 1.21 bits per heavy atom. The first kappa shape index (κ1) is 30.1. The molecule has 0 heterocycles. The number of rotatable bonds is 10. The normalized spacial score (nSPS) is 12.8. The quantitative estimate of drug-likeness (QED) is 0.216. The van der Waals surface area contributed by atoms with Crippen molar-refractivity contribution >= 4 is 18.0 Å². The van der Waals surface area contributed by atoms with Crippen LogP contribution in [0, 0.1) is 0 Å². The van der Waals surface area contributed by atoms with E-state index in [1.807, 2.05) is 121 Å². The lowest BCUT2D eigenvalue weighted by atomic mass is 9.82. The van der Waals surface area contributed by atoms with E-state index in [-0.39, 0.29) is 0 Å². The summed E-state index contributed by atoms with van der Waals surface area (Å²) >= 11 is 0. The van der Waals surface area contributed by atoms with Gasteiger partial charge in [0.15, 0.2) is 0 Å². The number of aliphatic carboxylic acids is 1. The Hall–Kier alpha value is -4.91. The minimum atomic E-state index is -1.34. The van der Waals surface area contributed by atoms with E-state index in [0.717, 1.165) is 22.3 Å². The lowest BCUT2D eigenvalue weighted by molar-refractivity contribution is -0.142. The maximum atomic E-state index is 14.3. The van der Waals surface area contributed by atoms with Gasteiger partial charge in [0, 0.05) is 11.8 Å². The second-order valence-corrected chi connectivity index (χ2v) is 11.0. The molecular weight excluding hydrogens is 528 g/mol. The highest BCUT2D eigenvalue weighted by Crippen LogP contribution is 2.31. The molecule has 0 fully saturated rings. The van der Waals surface area contributed by atoms with Crippen LogP contribution in [0.3, 0.4) is 0 Å². The van der Waals surface area contributed by atoms with E-state index in [4.69, 9.17) is 4.74 Å². The van der Waals surface area contributed by atoms with Crippen LogP contribution >= 0.6 is 0 Å².